The summed E-state index contributed by atoms with van der Waals surface area (Å²) in [5.41, 5.74) is 4.34. The van der Waals surface area contributed by atoms with Crippen LogP contribution in [0.3, 0.4) is 0 Å². The van der Waals surface area contributed by atoms with Crippen LogP contribution in [0.25, 0.3) is 11.3 Å². The minimum Gasteiger partial charge on any atom is -0.508 e. The Kier molecular flexibility index (Phi) is 5.29. The summed E-state index contributed by atoms with van der Waals surface area (Å²) in [5, 5.41) is 19.9. The van der Waals surface area contributed by atoms with Crippen molar-refractivity contribution in [1.29, 1.82) is 0 Å². The van der Waals surface area contributed by atoms with Crippen LogP contribution in [0, 0.1) is 5.82 Å². The summed E-state index contributed by atoms with van der Waals surface area (Å²) >= 11 is 5.01. The average Bonchev–Trinajstić information content (AvgIpc) is 3.42. The molecule has 0 aliphatic carbocycles. The molecule has 0 bridgehead atoms. The third-order valence-electron chi connectivity index (χ3n) is 5.19. The van der Waals surface area contributed by atoms with E-state index in [1.165, 1.54) is 23.5 Å². The Hall–Kier alpha value is -3.03. The molecule has 0 saturated heterocycles. The van der Waals surface area contributed by atoms with Gasteiger partial charge in [-0.05, 0) is 35.9 Å². The summed E-state index contributed by atoms with van der Waals surface area (Å²) < 4.78 is 14.4. The molecule has 4 aromatic rings. The fourth-order valence-corrected chi connectivity index (χ4v) is 4.90. The Bertz CT molecular complexity index is 1270. The Morgan fingerprint density at radius 2 is 1.81 bits per heavy atom. The fourth-order valence-electron chi connectivity index (χ4n) is 3.67. The topological polar surface area (TPSA) is 48.7 Å². The third-order valence-corrected chi connectivity index (χ3v) is 6.52. The molecule has 7 heteroatoms. The minimum absolute atomic E-state index is 0.206. The van der Waals surface area contributed by atoms with E-state index in [1.54, 1.807) is 24.3 Å². The van der Waals surface area contributed by atoms with Gasteiger partial charge in [-0.15, -0.1) is 11.3 Å². The zero-order chi connectivity index (χ0) is 21.4. The predicted molar refractivity (Wildman–Crippen MR) is 126 cm³/mol. The van der Waals surface area contributed by atoms with Crippen LogP contribution in [0.5, 0.6) is 5.75 Å². The van der Waals surface area contributed by atoms with Crippen LogP contribution in [-0.4, -0.2) is 15.8 Å². The highest BCUT2D eigenvalue weighted by Crippen LogP contribution is 2.41. The van der Waals surface area contributed by atoms with Crippen LogP contribution >= 0.6 is 27.3 Å². The van der Waals surface area contributed by atoms with Crippen molar-refractivity contribution in [3.8, 4) is 17.0 Å². The van der Waals surface area contributed by atoms with Crippen molar-refractivity contribution in [2.24, 2.45) is 5.10 Å². The molecule has 3 aromatic carbocycles. The Labute approximate surface area is 191 Å². The molecule has 5 rings (SSSR count). The third kappa shape index (κ3) is 3.98. The molecule has 4 nitrogen and oxygen atoms in total. The number of hydrogen-bond acceptors (Lipinski definition) is 5. The van der Waals surface area contributed by atoms with Crippen LogP contribution < -0.4 is 5.01 Å². The molecule has 0 fully saturated rings. The highest BCUT2D eigenvalue weighted by molar-refractivity contribution is 9.10. The monoisotopic (exact) mass is 493 g/mol. The van der Waals surface area contributed by atoms with Gasteiger partial charge in [0.2, 0.25) is 5.13 Å². The second-order valence-corrected chi connectivity index (χ2v) is 8.95. The van der Waals surface area contributed by atoms with Gasteiger partial charge in [-0.3, -0.25) is 0 Å². The Morgan fingerprint density at radius 3 is 2.58 bits per heavy atom. The summed E-state index contributed by atoms with van der Waals surface area (Å²) in [6.45, 7) is 0. The van der Waals surface area contributed by atoms with E-state index in [0.717, 1.165) is 37.7 Å². The summed E-state index contributed by atoms with van der Waals surface area (Å²) in [7, 11) is 0. The van der Waals surface area contributed by atoms with Gasteiger partial charge in [0.05, 0.1) is 17.4 Å². The molecular weight excluding hydrogens is 477 g/mol. The van der Waals surface area contributed by atoms with Crippen molar-refractivity contribution < 1.29 is 9.50 Å². The number of aromatic nitrogens is 1. The van der Waals surface area contributed by atoms with Gasteiger partial charge in [-0.25, -0.2) is 14.4 Å². The maximum Gasteiger partial charge on any atom is 0.207 e. The van der Waals surface area contributed by atoms with Crippen LogP contribution in [0.1, 0.15) is 23.6 Å². The first-order valence-corrected chi connectivity index (χ1v) is 11.4. The molecule has 2 heterocycles. The van der Waals surface area contributed by atoms with E-state index in [9.17, 15) is 9.50 Å². The highest BCUT2D eigenvalue weighted by atomic mass is 79.9. The van der Waals surface area contributed by atoms with Crippen molar-refractivity contribution in [3.05, 3.63) is 99.6 Å². The van der Waals surface area contributed by atoms with Gasteiger partial charge in [0, 0.05) is 27.4 Å². The van der Waals surface area contributed by atoms with Gasteiger partial charge in [0.25, 0.3) is 0 Å². The van der Waals surface area contributed by atoms with E-state index in [0.29, 0.717) is 6.42 Å². The molecule has 31 heavy (non-hydrogen) atoms. The van der Waals surface area contributed by atoms with E-state index in [4.69, 9.17) is 10.1 Å². The number of rotatable bonds is 4. The molecule has 0 radical (unpaired) electrons. The van der Waals surface area contributed by atoms with Gasteiger partial charge in [-0.1, -0.05) is 58.4 Å². The van der Waals surface area contributed by atoms with E-state index in [2.05, 4.69) is 15.9 Å². The van der Waals surface area contributed by atoms with Crippen molar-refractivity contribution in [1.82, 2.24) is 4.98 Å². The number of phenols is 1. The first-order valence-electron chi connectivity index (χ1n) is 9.70. The number of hydrogen-bond donors (Lipinski definition) is 1. The summed E-state index contributed by atoms with van der Waals surface area (Å²) in [4.78, 5) is 4.83. The molecule has 0 spiro atoms. The smallest absolute Gasteiger partial charge is 0.207 e. The molecule has 1 aliphatic rings. The van der Waals surface area contributed by atoms with Gasteiger partial charge in [0.15, 0.2) is 0 Å². The van der Waals surface area contributed by atoms with Crippen molar-refractivity contribution in [3.63, 3.8) is 0 Å². The predicted octanol–water partition coefficient (Wildman–Crippen LogP) is 6.77. The highest BCUT2D eigenvalue weighted by Gasteiger charge is 2.33. The van der Waals surface area contributed by atoms with Gasteiger partial charge >= 0.3 is 0 Å². The van der Waals surface area contributed by atoms with E-state index in [-0.39, 0.29) is 17.6 Å². The van der Waals surface area contributed by atoms with Crippen LogP contribution in [0.4, 0.5) is 9.52 Å². The zero-order valence-corrected chi connectivity index (χ0v) is 18.6. The molecule has 1 unspecified atom stereocenters. The summed E-state index contributed by atoms with van der Waals surface area (Å²) in [6.07, 6.45) is 0.578. The SMILES string of the molecule is Oc1ccccc1C1CC(c2ccc(F)cc2)=NN1c1nc(-c2cccc(Br)c2)cs1. The number of anilines is 1. The summed E-state index contributed by atoms with van der Waals surface area (Å²) in [5.74, 6) is -0.0631. The largest absolute Gasteiger partial charge is 0.508 e. The second-order valence-electron chi connectivity index (χ2n) is 7.20. The first-order chi connectivity index (χ1) is 15.1. The standard InChI is InChI=1S/C24H17BrFN3OS/c25-17-5-3-4-16(12-17)21-14-31-24(27-21)29-22(19-6-1-2-7-23(19)30)13-20(28-29)15-8-10-18(26)11-9-15/h1-12,14,22,30H,13H2. The molecule has 0 saturated carbocycles. The maximum absolute atomic E-state index is 13.4. The van der Waals surface area contributed by atoms with Crippen molar-refractivity contribution >= 4 is 38.1 Å². The van der Waals surface area contributed by atoms with E-state index in [1.807, 2.05) is 46.8 Å². The van der Waals surface area contributed by atoms with Crippen molar-refractivity contribution in [2.75, 3.05) is 5.01 Å². The molecule has 1 aliphatic heterocycles. The average molecular weight is 494 g/mol. The quantitative estimate of drug-likeness (QED) is 0.341. The zero-order valence-electron chi connectivity index (χ0n) is 16.2. The molecule has 1 N–H and O–H groups in total. The Morgan fingerprint density at radius 1 is 1.00 bits per heavy atom. The lowest BCUT2D eigenvalue weighted by Gasteiger charge is -2.21. The molecule has 1 aromatic heterocycles. The van der Waals surface area contributed by atoms with Gasteiger partial charge < -0.3 is 5.11 Å². The number of phenolic OH excluding ortho intramolecular Hbond substituents is 1. The Balaban J connectivity index is 1.55. The van der Waals surface area contributed by atoms with Gasteiger partial charge in [0.1, 0.15) is 11.6 Å². The second kappa shape index (κ2) is 8.24. The van der Waals surface area contributed by atoms with Crippen LogP contribution in [0.2, 0.25) is 0 Å². The lowest BCUT2D eigenvalue weighted by molar-refractivity contribution is 0.461. The summed E-state index contributed by atoms with van der Waals surface area (Å²) in [6, 6.07) is 21.4. The van der Waals surface area contributed by atoms with Crippen LogP contribution in [-0.2, 0) is 0 Å². The number of benzene rings is 3. The first kappa shape index (κ1) is 19.9. The number of halogens is 2. The maximum atomic E-state index is 13.4. The molecular formula is C24H17BrFN3OS. The number of aromatic hydroxyl groups is 1. The lowest BCUT2D eigenvalue weighted by Crippen LogP contribution is -2.18. The number of thiazole rings is 1. The van der Waals surface area contributed by atoms with Crippen molar-refractivity contribution in [2.45, 2.75) is 12.5 Å². The number of para-hydroxylation sites is 1. The van der Waals surface area contributed by atoms with E-state index >= 15 is 0 Å². The lowest BCUT2D eigenvalue weighted by atomic mass is 9.98. The normalized spacial score (nSPS) is 15.9. The number of nitrogens with zero attached hydrogens (tertiary/aromatic N) is 3. The van der Waals surface area contributed by atoms with Crippen LogP contribution in [0.15, 0.2) is 87.8 Å². The van der Waals surface area contributed by atoms with Gasteiger partial charge in [-0.2, -0.15) is 5.10 Å². The number of hydrazone groups is 1. The minimum atomic E-state index is -0.282. The van der Waals surface area contributed by atoms with E-state index < -0.39 is 0 Å². The fraction of sp³-hybridized carbons (Fsp3) is 0.0833. The molecule has 154 valence electrons. The molecule has 0 amide bonds. The molecule has 1 atom stereocenters.